The molecule has 190 valence electrons. The van der Waals surface area contributed by atoms with Crippen molar-refractivity contribution in [2.24, 2.45) is 16.7 Å². The smallest absolute Gasteiger partial charge is 0.250 e. The summed E-state index contributed by atoms with van der Waals surface area (Å²) in [5.74, 6) is 3.95. The van der Waals surface area contributed by atoms with Crippen LogP contribution in [0.1, 0.15) is 50.4 Å². The topological polar surface area (TPSA) is 119 Å². The van der Waals surface area contributed by atoms with E-state index in [1.165, 1.54) is 11.3 Å². The predicted molar refractivity (Wildman–Crippen MR) is 136 cm³/mol. The van der Waals surface area contributed by atoms with E-state index in [1.807, 2.05) is 55.6 Å². The van der Waals surface area contributed by atoms with E-state index < -0.39 is 5.92 Å². The molecule has 0 bridgehead atoms. The van der Waals surface area contributed by atoms with Gasteiger partial charge in [-0.2, -0.15) is 5.12 Å². The normalized spacial score (nSPS) is 15.5. The molecule has 11 heteroatoms. The first-order valence-electron chi connectivity index (χ1n) is 11.5. The van der Waals surface area contributed by atoms with Gasteiger partial charge in [0, 0.05) is 55.7 Å². The van der Waals surface area contributed by atoms with Gasteiger partial charge in [-0.1, -0.05) is 20.8 Å². The number of aromatic nitrogens is 3. The number of halogens is 2. The zero-order valence-electron chi connectivity index (χ0n) is 20.7. The number of nitrogens with two attached hydrogens (primary N) is 2. The van der Waals surface area contributed by atoms with Crippen molar-refractivity contribution in [1.29, 1.82) is 0 Å². The average molecular weight is 489 g/mol. The number of likely N-dealkylation sites (tertiary alicyclic amines) is 1. The van der Waals surface area contributed by atoms with Crippen LogP contribution in [0.25, 0.3) is 16.7 Å². The summed E-state index contributed by atoms with van der Waals surface area (Å²) in [5, 5.41) is 6.13. The second-order valence-corrected chi connectivity index (χ2v) is 7.84. The van der Waals surface area contributed by atoms with Crippen molar-refractivity contribution in [1.82, 2.24) is 19.4 Å². The minimum atomic E-state index is -2.38. The highest BCUT2D eigenvalue weighted by Gasteiger charge is 2.32. The van der Waals surface area contributed by atoms with Gasteiger partial charge < -0.3 is 10.6 Å². The lowest BCUT2D eigenvalue weighted by Gasteiger charge is -2.28. The summed E-state index contributed by atoms with van der Waals surface area (Å²) in [4.78, 5) is 21.3. The zero-order chi connectivity index (χ0) is 26.0. The number of hydrogen-bond acceptors (Lipinski definition) is 7. The van der Waals surface area contributed by atoms with Crippen LogP contribution in [0.3, 0.4) is 0 Å². The van der Waals surface area contributed by atoms with Crippen LogP contribution in [-0.4, -0.2) is 57.6 Å². The molecule has 0 aromatic carbocycles. The second kappa shape index (κ2) is 12.9. The fourth-order valence-electron chi connectivity index (χ4n) is 3.20. The molecule has 0 atom stereocenters. The number of amidine groups is 1. The van der Waals surface area contributed by atoms with E-state index in [9.17, 15) is 13.6 Å². The van der Waals surface area contributed by atoms with Crippen molar-refractivity contribution in [3.8, 4) is 5.69 Å². The van der Waals surface area contributed by atoms with Gasteiger partial charge in [-0.3, -0.25) is 14.3 Å². The first-order chi connectivity index (χ1) is 16.7. The Morgan fingerprint density at radius 3 is 2.51 bits per heavy atom. The fourth-order valence-corrected chi connectivity index (χ4v) is 3.20. The minimum absolute atomic E-state index is 0.0312. The molecule has 0 aliphatic carbocycles. The fraction of sp³-hybridized carbons (Fsp3) is 0.417. The molecule has 3 aromatic rings. The van der Waals surface area contributed by atoms with E-state index in [2.05, 4.69) is 15.1 Å². The monoisotopic (exact) mass is 488 g/mol. The molecule has 4 N–H and O–H groups in total. The number of anilines is 1. The number of alkyl halides is 2. The standard InChI is InChI=1S/C16H17N7O.C6H11F2N.C2H6/c1-2-15(17)21-23(18)14-6-13(8-19-9-14)22-4-3-12-5-11(10-24)7-20-16(12)22;1-9-4-2-6(7,8)3-5-9;1-2/h3-10H,2,18H2,1H3,(H2,17,21);2-5H2,1H3;1-2H3. The molecular weight excluding hydrogens is 454 g/mol. The maximum atomic E-state index is 12.4. The molecule has 4 heterocycles. The molecule has 0 unspecified atom stereocenters. The van der Waals surface area contributed by atoms with Crippen LogP contribution in [0.4, 0.5) is 14.5 Å². The second-order valence-electron chi connectivity index (χ2n) is 7.84. The van der Waals surface area contributed by atoms with Gasteiger partial charge in [0.2, 0.25) is 0 Å². The molecule has 0 radical (unpaired) electrons. The van der Waals surface area contributed by atoms with Gasteiger partial charge in [-0.25, -0.2) is 19.6 Å². The molecule has 1 fully saturated rings. The molecule has 9 nitrogen and oxygen atoms in total. The van der Waals surface area contributed by atoms with Crippen LogP contribution in [0, 0.1) is 0 Å². The molecular formula is C24H34F2N8O. The quantitative estimate of drug-likeness (QED) is 0.183. The molecule has 4 rings (SSSR count). The highest BCUT2D eigenvalue weighted by atomic mass is 19.3. The third-order valence-electron chi connectivity index (χ3n) is 5.25. The van der Waals surface area contributed by atoms with Crippen LogP contribution < -0.4 is 16.7 Å². The number of rotatable bonds is 5. The Labute approximate surface area is 204 Å². The number of hydrogen-bond donors (Lipinski definition) is 2. The van der Waals surface area contributed by atoms with Gasteiger partial charge in [0.1, 0.15) is 11.5 Å². The molecule has 3 aromatic heterocycles. The Kier molecular flexibility index (Phi) is 10.2. The number of hydrazine groups is 1. The van der Waals surface area contributed by atoms with Crippen LogP contribution >= 0.6 is 0 Å². The van der Waals surface area contributed by atoms with Gasteiger partial charge in [0.15, 0.2) is 6.29 Å². The molecule has 0 amide bonds. The number of pyridine rings is 2. The Balaban J connectivity index is 0.000000329. The minimum Gasteiger partial charge on any atom is -0.386 e. The number of carbonyl (C=O) groups excluding carboxylic acids is 1. The summed E-state index contributed by atoms with van der Waals surface area (Å²) in [6.07, 6.45) is 8.12. The van der Waals surface area contributed by atoms with Crippen LogP contribution in [-0.2, 0) is 0 Å². The van der Waals surface area contributed by atoms with E-state index in [0.717, 1.165) is 23.0 Å². The number of carbonyl (C=O) groups is 1. The molecule has 0 spiro atoms. The third-order valence-corrected chi connectivity index (χ3v) is 5.25. The molecule has 1 aliphatic rings. The summed E-state index contributed by atoms with van der Waals surface area (Å²) < 4.78 is 26.6. The SMILES string of the molecule is CC.CC/C(N)=N/N(N)c1cncc(-n2ccc3cc(C=O)cnc32)c1.CN1CCC(F)(F)CC1. The van der Waals surface area contributed by atoms with E-state index in [-0.39, 0.29) is 12.8 Å². The molecule has 35 heavy (non-hydrogen) atoms. The van der Waals surface area contributed by atoms with Crippen molar-refractivity contribution in [3.63, 3.8) is 0 Å². The van der Waals surface area contributed by atoms with E-state index in [4.69, 9.17) is 11.6 Å². The Bertz CT molecular complexity index is 1120. The van der Waals surface area contributed by atoms with E-state index in [1.54, 1.807) is 18.5 Å². The molecule has 0 saturated carbocycles. The lowest BCUT2D eigenvalue weighted by atomic mass is 10.1. The number of fused-ring (bicyclic) bond motifs is 1. The van der Waals surface area contributed by atoms with Gasteiger partial charge in [-0.05, 0) is 25.2 Å². The first-order valence-corrected chi connectivity index (χ1v) is 11.5. The Morgan fingerprint density at radius 1 is 1.23 bits per heavy atom. The summed E-state index contributed by atoms with van der Waals surface area (Å²) in [6.45, 7) is 6.96. The number of piperidine rings is 1. The van der Waals surface area contributed by atoms with Crippen LogP contribution in [0.15, 0.2) is 48.1 Å². The molecule has 1 saturated heterocycles. The number of nitrogens with zero attached hydrogens (tertiary/aromatic N) is 6. The average Bonchev–Trinajstić information content (AvgIpc) is 3.30. The molecule has 1 aliphatic heterocycles. The maximum absolute atomic E-state index is 12.4. The lowest BCUT2D eigenvalue weighted by molar-refractivity contribution is -0.0504. The first kappa shape index (κ1) is 27.8. The number of hydrazone groups is 1. The summed E-state index contributed by atoms with van der Waals surface area (Å²) in [6, 6.07) is 5.49. The van der Waals surface area contributed by atoms with Crippen molar-refractivity contribution in [2.75, 3.05) is 25.3 Å². The van der Waals surface area contributed by atoms with Gasteiger partial charge in [0.05, 0.1) is 23.8 Å². The van der Waals surface area contributed by atoms with Gasteiger partial charge in [0.25, 0.3) is 5.92 Å². The van der Waals surface area contributed by atoms with Crippen LogP contribution in [0.5, 0.6) is 0 Å². The lowest BCUT2D eigenvalue weighted by Crippen LogP contribution is -2.36. The van der Waals surface area contributed by atoms with E-state index >= 15 is 0 Å². The van der Waals surface area contributed by atoms with Gasteiger partial charge >= 0.3 is 0 Å². The van der Waals surface area contributed by atoms with Crippen molar-refractivity contribution >= 4 is 28.8 Å². The maximum Gasteiger partial charge on any atom is 0.250 e. The number of aldehydes is 1. The highest BCUT2D eigenvalue weighted by Crippen LogP contribution is 2.26. The summed E-state index contributed by atoms with van der Waals surface area (Å²) >= 11 is 0. The van der Waals surface area contributed by atoms with Crippen LogP contribution in [0.2, 0.25) is 0 Å². The largest absolute Gasteiger partial charge is 0.386 e. The van der Waals surface area contributed by atoms with Crippen molar-refractivity contribution < 1.29 is 13.6 Å². The third kappa shape index (κ3) is 7.79. The summed E-state index contributed by atoms with van der Waals surface area (Å²) in [7, 11) is 1.87. The van der Waals surface area contributed by atoms with Crippen molar-refractivity contribution in [2.45, 2.75) is 46.0 Å². The highest BCUT2D eigenvalue weighted by molar-refractivity contribution is 5.85. The van der Waals surface area contributed by atoms with Gasteiger partial charge in [-0.15, -0.1) is 5.10 Å². The Morgan fingerprint density at radius 2 is 1.91 bits per heavy atom. The van der Waals surface area contributed by atoms with E-state index in [0.29, 0.717) is 36.6 Å². The zero-order valence-corrected chi connectivity index (χ0v) is 20.7. The van der Waals surface area contributed by atoms with Crippen molar-refractivity contribution in [3.05, 3.63) is 48.5 Å². The summed E-state index contributed by atoms with van der Waals surface area (Å²) in [5.41, 5.74) is 8.33. The Hall–Kier alpha value is -3.44. The predicted octanol–water partition coefficient (Wildman–Crippen LogP) is 3.97.